The molecular formula is C17H18N2O. The summed E-state index contributed by atoms with van der Waals surface area (Å²) in [6.45, 7) is 4.66. The van der Waals surface area contributed by atoms with E-state index in [1.165, 1.54) is 5.56 Å². The number of aromatic nitrogens is 1. The van der Waals surface area contributed by atoms with Gasteiger partial charge < -0.3 is 4.57 Å². The molecule has 1 heterocycles. The van der Waals surface area contributed by atoms with Crippen molar-refractivity contribution >= 4 is 0 Å². The van der Waals surface area contributed by atoms with Gasteiger partial charge in [0, 0.05) is 12.1 Å². The molecule has 3 heteroatoms. The second kappa shape index (κ2) is 6.21. The summed E-state index contributed by atoms with van der Waals surface area (Å²) in [6, 6.07) is 14.0. The minimum absolute atomic E-state index is 0.0638. The molecule has 102 valence electrons. The molecule has 0 unspecified atom stereocenters. The van der Waals surface area contributed by atoms with E-state index in [-0.39, 0.29) is 12.0 Å². The summed E-state index contributed by atoms with van der Waals surface area (Å²) in [4.78, 5) is 12.3. The molecule has 2 aromatic rings. The quantitative estimate of drug-likeness (QED) is 0.853. The second-order valence-corrected chi connectivity index (χ2v) is 4.68. The molecule has 0 fully saturated rings. The fraction of sp³-hybridized carbons (Fsp3) is 0.294. The molecule has 20 heavy (non-hydrogen) atoms. The van der Waals surface area contributed by atoms with Crippen LogP contribution in [0.1, 0.15) is 25.0 Å². The van der Waals surface area contributed by atoms with Crippen molar-refractivity contribution in [2.24, 2.45) is 0 Å². The van der Waals surface area contributed by atoms with Gasteiger partial charge in [0.1, 0.15) is 0 Å². The molecule has 0 saturated carbocycles. The summed E-state index contributed by atoms with van der Waals surface area (Å²) in [5.41, 5.74) is 3.71. The number of aryl methyl sites for hydroxylation is 1. The highest BCUT2D eigenvalue weighted by Crippen LogP contribution is 2.19. The number of nitrogens with zero attached hydrogens (tertiary/aromatic N) is 2. The number of hydrogen-bond donors (Lipinski definition) is 0. The minimum atomic E-state index is -0.0638. The fourth-order valence-corrected chi connectivity index (χ4v) is 2.32. The molecule has 0 aliphatic carbocycles. The fourth-order valence-electron chi connectivity index (χ4n) is 2.32. The van der Waals surface area contributed by atoms with Crippen molar-refractivity contribution in [3.8, 4) is 17.3 Å². The molecule has 3 nitrogen and oxygen atoms in total. The van der Waals surface area contributed by atoms with Gasteiger partial charge in [-0.05, 0) is 30.5 Å². The van der Waals surface area contributed by atoms with Gasteiger partial charge in [-0.3, -0.25) is 4.79 Å². The van der Waals surface area contributed by atoms with E-state index in [1.807, 2.05) is 31.2 Å². The summed E-state index contributed by atoms with van der Waals surface area (Å²) >= 11 is 0. The molecule has 1 aromatic heterocycles. The summed E-state index contributed by atoms with van der Waals surface area (Å²) in [5, 5.41) is 8.75. The van der Waals surface area contributed by atoms with Gasteiger partial charge in [-0.1, -0.05) is 37.3 Å². The number of benzene rings is 1. The van der Waals surface area contributed by atoms with Gasteiger partial charge in [0.05, 0.1) is 18.2 Å². The van der Waals surface area contributed by atoms with E-state index < -0.39 is 0 Å². The number of rotatable bonds is 4. The molecule has 0 bridgehead atoms. The van der Waals surface area contributed by atoms with Crippen LogP contribution >= 0.6 is 0 Å². The van der Waals surface area contributed by atoms with Gasteiger partial charge in [0.25, 0.3) is 5.56 Å². The Hall–Kier alpha value is -2.34. The zero-order valence-corrected chi connectivity index (χ0v) is 11.9. The maximum Gasteiger partial charge on any atom is 0.255 e. The van der Waals surface area contributed by atoms with Crippen LogP contribution in [0, 0.1) is 11.3 Å². The largest absolute Gasteiger partial charge is 0.308 e. The summed E-state index contributed by atoms with van der Waals surface area (Å²) in [6.07, 6.45) is 1.16. The molecule has 0 atom stereocenters. The van der Waals surface area contributed by atoms with Crippen LogP contribution in [-0.4, -0.2) is 4.57 Å². The molecule has 2 rings (SSSR count). The van der Waals surface area contributed by atoms with Crippen LogP contribution in [-0.2, 0) is 19.4 Å². The molecule has 0 saturated heterocycles. The first-order valence-corrected chi connectivity index (χ1v) is 6.90. The maximum absolute atomic E-state index is 12.3. The van der Waals surface area contributed by atoms with Crippen LogP contribution in [0.5, 0.6) is 0 Å². The van der Waals surface area contributed by atoms with Crippen LogP contribution in [0.15, 0.2) is 41.2 Å². The van der Waals surface area contributed by atoms with Gasteiger partial charge in [-0.2, -0.15) is 5.26 Å². The Kier molecular flexibility index (Phi) is 4.37. The van der Waals surface area contributed by atoms with E-state index in [0.29, 0.717) is 12.1 Å². The van der Waals surface area contributed by atoms with Gasteiger partial charge in [0.2, 0.25) is 0 Å². The molecule has 1 aromatic carbocycles. The van der Waals surface area contributed by atoms with Crippen LogP contribution in [0.2, 0.25) is 0 Å². The molecule has 0 aliphatic rings. The van der Waals surface area contributed by atoms with Crippen molar-refractivity contribution < 1.29 is 0 Å². The highest BCUT2D eigenvalue weighted by atomic mass is 16.1. The Labute approximate surface area is 119 Å². The van der Waals surface area contributed by atoms with Gasteiger partial charge in [-0.15, -0.1) is 0 Å². The average molecular weight is 266 g/mol. The third-order valence-corrected chi connectivity index (χ3v) is 3.50. The van der Waals surface area contributed by atoms with Crippen LogP contribution in [0.4, 0.5) is 0 Å². The van der Waals surface area contributed by atoms with Crippen molar-refractivity contribution in [2.75, 3.05) is 0 Å². The molecule has 0 N–H and O–H groups in total. The second-order valence-electron chi connectivity index (χ2n) is 4.68. The Morgan fingerprint density at radius 2 is 1.80 bits per heavy atom. The van der Waals surface area contributed by atoms with Crippen molar-refractivity contribution in [1.82, 2.24) is 4.57 Å². The van der Waals surface area contributed by atoms with Crippen LogP contribution in [0.25, 0.3) is 11.3 Å². The first-order chi connectivity index (χ1) is 9.71. The smallest absolute Gasteiger partial charge is 0.255 e. The van der Waals surface area contributed by atoms with Gasteiger partial charge in [0.15, 0.2) is 0 Å². The third-order valence-electron chi connectivity index (χ3n) is 3.50. The average Bonchev–Trinajstić information content (AvgIpc) is 2.49. The predicted molar refractivity (Wildman–Crippen MR) is 80.5 cm³/mol. The lowest BCUT2D eigenvalue weighted by Crippen LogP contribution is -2.24. The highest BCUT2D eigenvalue weighted by Gasteiger charge is 2.09. The monoisotopic (exact) mass is 266 g/mol. The lowest BCUT2D eigenvalue weighted by atomic mass is 10.1. The van der Waals surface area contributed by atoms with E-state index in [0.717, 1.165) is 17.7 Å². The summed E-state index contributed by atoms with van der Waals surface area (Å²) in [5.74, 6) is 0. The van der Waals surface area contributed by atoms with E-state index in [9.17, 15) is 4.79 Å². The Bertz CT molecular complexity index is 690. The molecule has 0 radical (unpaired) electrons. The maximum atomic E-state index is 12.3. The zero-order valence-electron chi connectivity index (χ0n) is 11.9. The van der Waals surface area contributed by atoms with E-state index in [4.69, 9.17) is 5.26 Å². The normalized spacial score (nSPS) is 10.2. The Balaban J connectivity index is 2.53. The standard InChI is InChI=1S/C17H18N2O/c1-3-13-5-7-14(8-6-13)16-10-9-15(11-12-18)17(20)19(16)4-2/h5-10H,3-4,11H2,1-2H3. The summed E-state index contributed by atoms with van der Waals surface area (Å²) < 4.78 is 1.73. The minimum Gasteiger partial charge on any atom is -0.308 e. The third kappa shape index (κ3) is 2.65. The number of nitriles is 1. The van der Waals surface area contributed by atoms with Gasteiger partial charge >= 0.3 is 0 Å². The SMILES string of the molecule is CCc1ccc(-c2ccc(CC#N)c(=O)n2CC)cc1. The highest BCUT2D eigenvalue weighted by molar-refractivity contribution is 5.60. The topological polar surface area (TPSA) is 45.8 Å². The first kappa shape index (κ1) is 14.1. The van der Waals surface area contributed by atoms with Crippen molar-refractivity contribution in [2.45, 2.75) is 33.2 Å². The Morgan fingerprint density at radius 1 is 1.10 bits per heavy atom. The van der Waals surface area contributed by atoms with E-state index >= 15 is 0 Å². The van der Waals surface area contributed by atoms with Crippen LogP contribution < -0.4 is 5.56 Å². The van der Waals surface area contributed by atoms with Crippen molar-refractivity contribution in [3.63, 3.8) is 0 Å². The molecule has 0 spiro atoms. The van der Waals surface area contributed by atoms with Crippen LogP contribution in [0.3, 0.4) is 0 Å². The van der Waals surface area contributed by atoms with Crippen molar-refractivity contribution in [3.05, 3.63) is 57.9 Å². The lowest BCUT2D eigenvalue weighted by Gasteiger charge is -2.12. The number of hydrogen-bond acceptors (Lipinski definition) is 2. The Morgan fingerprint density at radius 3 is 2.35 bits per heavy atom. The first-order valence-electron chi connectivity index (χ1n) is 6.90. The lowest BCUT2D eigenvalue weighted by molar-refractivity contribution is 0.727. The van der Waals surface area contributed by atoms with E-state index in [1.54, 1.807) is 10.6 Å². The molecule has 0 amide bonds. The van der Waals surface area contributed by atoms with Crippen molar-refractivity contribution in [1.29, 1.82) is 5.26 Å². The zero-order chi connectivity index (χ0) is 14.5. The van der Waals surface area contributed by atoms with E-state index in [2.05, 4.69) is 19.1 Å². The molecule has 0 aliphatic heterocycles. The van der Waals surface area contributed by atoms with Gasteiger partial charge in [-0.25, -0.2) is 0 Å². The summed E-state index contributed by atoms with van der Waals surface area (Å²) in [7, 11) is 0. The predicted octanol–water partition coefficient (Wildman–Crippen LogP) is 3.16. The molecular weight excluding hydrogens is 248 g/mol. The number of pyridine rings is 1.